The summed E-state index contributed by atoms with van der Waals surface area (Å²) in [5.41, 5.74) is 1.95. The minimum atomic E-state index is -0.730. The molecule has 3 N–H and O–H groups in total. The standard InChI is InChI=1S/C19H29N3O2/c23-18(24)16-11-15-17(21-12-20-15)19(22-16,13-7-3-1-4-8-13)14-9-5-2-6-10-14/h12-14,16,22H,1-11H2,(H,20,21)(H,23,24). The Bertz CT molecular complexity index is 567. The van der Waals surface area contributed by atoms with Gasteiger partial charge in [-0.25, -0.2) is 4.98 Å². The van der Waals surface area contributed by atoms with Gasteiger partial charge in [0.1, 0.15) is 6.04 Å². The number of hydrogen-bond donors (Lipinski definition) is 3. The van der Waals surface area contributed by atoms with Gasteiger partial charge >= 0.3 is 5.97 Å². The third-order valence-electron chi connectivity index (χ3n) is 6.73. The number of aromatic amines is 1. The van der Waals surface area contributed by atoms with Gasteiger partial charge in [-0.15, -0.1) is 0 Å². The van der Waals surface area contributed by atoms with Gasteiger partial charge < -0.3 is 10.1 Å². The van der Waals surface area contributed by atoms with Crippen molar-refractivity contribution in [2.24, 2.45) is 11.8 Å². The number of carboxylic acids is 1. The van der Waals surface area contributed by atoms with Gasteiger partial charge in [0.2, 0.25) is 0 Å². The van der Waals surface area contributed by atoms with Crippen molar-refractivity contribution in [3.05, 3.63) is 17.7 Å². The van der Waals surface area contributed by atoms with Crippen LogP contribution in [0.25, 0.3) is 0 Å². The molecule has 0 bridgehead atoms. The lowest BCUT2D eigenvalue weighted by Crippen LogP contribution is -2.63. The molecular formula is C19H29N3O2. The Labute approximate surface area is 143 Å². The lowest BCUT2D eigenvalue weighted by Gasteiger charge is -2.52. The van der Waals surface area contributed by atoms with Crippen LogP contribution in [0.15, 0.2) is 6.33 Å². The Morgan fingerprint density at radius 3 is 2.17 bits per heavy atom. The highest BCUT2D eigenvalue weighted by molar-refractivity contribution is 5.74. The van der Waals surface area contributed by atoms with Gasteiger partial charge in [-0.3, -0.25) is 10.1 Å². The fourth-order valence-corrected chi connectivity index (χ4v) is 5.67. The van der Waals surface area contributed by atoms with E-state index in [4.69, 9.17) is 4.98 Å². The average molecular weight is 331 g/mol. The number of H-pyrrole nitrogens is 1. The summed E-state index contributed by atoms with van der Waals surface area (Å²) in [6.07, 6.45) is 14.8. The second-order valence-corrected chi connectivity index (χ2v) is 8.01. The van der Waals surface area contributed by atoms with E-state index in [0.29, 0.717) is 18.3 Å². The monoisotopic (exact) mass is 331 g/mol. The van der Waals surface area contributed by atoms with Crippen LogP contribution in [0.1, 0.15) is 75.6 Å². The normalized spacial score (nSPS) is 28.4. The molecule has 132 valence electrons. The van der Waals surface area contributed by atoms with Gasteiger partial charge in [0, 0.05) is 12.1 Å². The van der Waals surface area contributed by atoms with Crippen molar-refractivity contribution >= 4 is 5.97 Å². The third-order valence-corrected chi connectivity index (χ3v) is 6.73. The number of aliphatic carboxylic acids is 1. The molecule has 5 heteroatoms. The third kappa shape index (κ3) is 2.57. The van der Waals surface area contributed by atoms with Gasteiger partial charge in [-0.2, -0.15) is 0 Å². The average Bonchev–Trinajstić information content (AvgIpc) is 3.11. The van der Waals surface area contributed by atoms with E-state index in [0.717, 1.165) is 11.4 Å². The van der Waals surface area contributed by atoms with E-state index < -0.39 is 12.0 Å². The van der Waals surface area contributed by atoms with Crippen molar-refractivity contribution in [3.8, 4) is 0 Å². The van der Waals surface area contributed by atoms with E-state index in [-0.39, 0.29) is 5.54 Å². The molecule has 0 radical (unpaired) electrons. The van der Waals surface area contributed by atoms with Gasteiger partial charge in [-0.1, -0.05) is 38.5 Å². The number of carbonyl (C=O) groups is 1. The lowest BCUT2D eigenvalue weighted by atomic mass is 9.61. The zero-order valence-electron chi connectivity index (χ0n) is 14.4. The lowest BCUT2D eigenvalue weighted by molar-refractivity contribution is -0.141. The van der Waals surface area contributed by atoms with Crippen LogP contribution in [0.5, 0.6) is 0 Å². The summed E-state index contributed by atoms with van der Waals surface area (Å²) in [5.74, 6) is 0.295. The van der Waals surface area contributed by atoms with E-state index in [1.54, 1.807) is 6.33 Å². The first-order chi connectivity index (χ1) is 11.7. The fraction of sp³-hybridized carbons (Fsp3) is 0.789. The Morgan fingerprint density at radius 2 is 1.62 bits per heavy atom. The molecule has 1 unspecified atom stereocenters. The number of fused-ring (bicyclic) bond motifs is 1. The molecule has 2 aliphatic carbocycles. The minimum Gasteiger partial charge on any atom is -0.480 e. The van der Waals surface area contributed by atoms with Gasteiger partial charge in [0.25, 0.3) is 0 Å². The van der Waals surface area contributed by atoms with E-state index in [1.165, 1.54) is 64.2 Å². The maximum atomic E-state index is 11.8. The zero-order valence-corrected chi connectivity index (χ0v) is 14.4. The highest BCUT2D eigenvalue weighted by Gasteiger charge is 2.53. The molecule has 3 aliphatic rings. The summed E-state index contributed by atoms with van der Waals surface area (Å²) in [6.45, 7) is 0. The predicted octanol–water partition coefficient (Wildman–Crippen LogP) is 3.36. The Balaban J connectivity index is 1.80. The first-order valence-electron chi connectivity index (χ1n) is 9.75. The molecule has 5 nitrogen and oxygen atoms in total. The largest absolute Gasteiger partial charge is 0.480 e. The molecule has 1 aromatic rings. The molecule has 1 aliphatic heterocycles. The molecule has 1 atom stereocenters. The molecule has 0 saturated heterocycles. The Kier molecular flexibility index (Phi) is 4.37. The first-order valence-corrected chi connectivity index (χ1v) is 9.75. The van der Waals surface area contributed by atoms with Crippen molar-refractivity contribution < 1.29 is 9.90 Å². The van der Waals surface area contributed by atoms with Crippen LogP contribution in [-0.4, -0.2) is 27.1 Å². The molecule has 2 heterocycles. The van der Waals surface area contributed by atoms with Crippen LogP contribution in [0.3, 0.4) is 0 Å². The number of carboxylic acid groups (broad SMARTS) is 1. The second-order valence-electron chi connectivity index (χ2n) is 8.01. The van der Waals surface area contributed by atoms with Crippen molar-refractivity contribution in [1.82, 2.24) is 15.3 Å². The fourth-order valence-electron chi connectivity index (χ4n) is 5.67. The summed E-state index contributed by atoms with van der Waals surface area (Å²) >= 11 is 0. The van der Waals surface area contributed by atoms with E-state index in [1.807, 2.05) is 0 Å². The topological polar surface area (TPSA) is 78.0 Å². The van der Waals surface area contributed by atoms with Crippen molar-refractivity contribution in [3.63, 3.8) is 0 Å². The molecule has 0 aromatic carbocycles. The molecular weight excluding hydrogens is 302 g/mol. The molecule has 2 fully saturated rings. The van der Waals surface area contributed by atoms with Crippen molar-refractivity contribution in [1.29, 1.82) is 0 Å². The quantitative estimate of drug-likeness (QED) is 0.793. The summed E-state index contributed by atoms with van der Waals surface area (Å²) in [6, 6.07) is -0.498. The van der Waals surface area contributed by atoms with Gasteiger partial charge in [-0.05, 0) is 37.5 Å². The molecule has 0 amide bonds. The van der Waals surface area contributed by atoms with E-state index in [2.05, 4.69) is 10.3 Å². The zero-order chi connectivity index (χ0) is 16.6. The Hall–Kier alpha value is -1.36. The van der Waals surface area contributed by atoms with Crippen LogP contribution in [0.4, 0.5) is 0 Å². The van der Waals surface area contributed by atoms with E-state index in [9.17, 15) is 9.90 Å². The SMILES string of the molecule is O=C(O)C1Cc2[nH]cnc2C(C2CCCCC2)(C2CCCCC2)N1. The molecule has 0 spiro atoms. The minimum absolute atomic E-state index is 0.239. The first kappa shape index (κ1) is 16.1. The molecule has 4 rings (SSSR count). The van der Waals surface area contributed by atoms with E-state index >= 15 is 0 Å². The van der Waals surface area contributed by atoms with Gasteiger partial charge in [0.05, 0.1) is 17.6 Å². The molecule has 24 heavy (non-hydrogen) atoms. The highest BCUT2D eigenvalue weighted by Crippen LogP contribution is 2.50. The predicted molar refractivity (Wildman–Crippen MR) is 91.7 cm³/mol. The maximum absolute atomic E-state index is 11.8. The van der Waals surface area contributed by atoms with Crippen LogP contribution < -0.4 is 5.32 Å². The van der Waals surface area contributed by atoms with Gasteiger partial charge in [0.15, 0.2) is 0 Å². The van der Waals surface area contributed by atoms with Crippen molar-refractivity contribution in [2.75, 3.05) is 0 Å². The van der Waals surface area contributed by atoms with Crippen LogP contribution in [0.2, 0.25) is 0 Å². The number of hydrogen-bond acceptors (Lipinski definition) is 3. The number of nitrogens with zero attached hydrogens (tertiary/aromatic N) is 1. The Morgan fingerprint density at radius 1 is 1.04 bits per heavy atom. The van der Waals surface area contributed by atoms with Crippen LogP contribution in [0, 0.1) is 11.8 Å². The van der Waals surface area contributed by atoms with Crippen molar-refractivity contribution in [2.45, 2.75) is 82.2 Å². The number of aromatic nitrogens is 2. The molecule has 1 aromatic heterocycles. The van der Waals surface area contributed by atoms with Crippen LogP contribution >= 0.6 is 0 Å². The maximum Gasteiger partial charge on any atom is 0.321 e. The summed E-state index contributed by atoms with van der Waals surface area (Å²) in [7, 11) is 0. The smallest absolute Gasteiger partial charge is 0.321 e. The summed E-state index contributed by atoms with van der Waals surface area (Å²) in [4.78, 5) is 19.8. The number of rotatable bonds is 3. The van der Waals surface area contributed by atoms with Crippen LogP contribution in [-0.2, 0) is 16.8 Å². The molecule has 2 saturated carbocycles. The second kappa shape index (κ2) is 6.51. The summed E-state index contributed by atoms with van der Waals surface area (Å²) < 4.78 is 0. The highest BCUT2D eigenvalue weighted by atomic mass is 16.4. The summed E-state index contributed by atoms with van der Waals surface area (Å²) in [5, 5.41) is 13.4. The number of nitrogens with one attached hydrogen (secondary N) is 2. The number of imidazole rings is 1.